The lowest BCUT2D eigenvalue weighted by Crippen LogP contribution is -2.38. The zero-order chi connectivity index (χ0) is 15.4. The largest absolute Gasteiger partial charge is 0.326 e. The van der Waals surface area contributed by atoms with Crippen molar-refractivity contribution in [3.05, 3.63) is 55.6 Å². The van der Waals surface area contributed by atoms with Gasteiger partial charge in [0.1, 0.15) is 0 Å². The zero-order valence-corrected chi connectivity index (χ0v) is 15.4. The molecule has 2 unspecified atom stereocenters. The van der Waals surface area contributed by atoms with Gasteiger partial charge in [-0.3, -0.25) is 4.90 Å². The number of rotatable bonds is 6. The van der Waals surface area contributed by atoms with E-state index < -0.39 is 0 Å². The average Bonchev–Trinajstić information content (AvgIpc) is 2.84. The van der Waals surface area contributed by atoms with E-state index in [1.807, 2.05) is 12.1 Å². The van der Waals surface area contributed by atoms with Crippen LogP contribution in [0.25, 0.3) is 0 Å². The minimum atomic E-state index is 0.0970. The summed E-state index contributed by atoms with van der Waals surface area (Å²) in [5.41, 5.74) is 7.62. The van der Waals surface area contributed by atoms with Gasteiger partial charge in [0, 0.05) is 28.0 Å². The molecule has 5 heteroatoms. The molecule has 1 aromatic carbocycles. The van der Waals surface area contributed by atoms with Crippen LogP contribution in [0.4, 0.5) is 0 Å². The Morgan fingerprint density at radius 1 is 1.33 bits per heavy atom. The number of likely N-dealkylation sites (N-methyl/N-ethyl adjacent to an activating group) is 1. The highest BCUT2D eigenvalue weighted by Gasteiger charge is 2.23. The number of thiophene rings is 1. The van der Waals surface area contributed by atoms with E-state index in [1.54, 1.807) is 11.3 Å². The Kier molecular flexibility index (Phi) is 6.26. The van der Waals surface area contributed by atoms with Crippen LogP contribution in [0.1, 0.15) is 29.8 Å². The number of nitrogens with zero attached hydrogens (tertiary/aromatic N) is 1. The van der Waals surface area contributed by atoms with Gasteiger partial charge in [-0.15, -0.1) is 11.3 Å². The van der Waals surface area contributed by atoms with E-state index in [0.717, 1.165) is 21.8 Å². The van der Waals surface area contributed by atoms with Crippen LogP contribution in [0.3, 0.4) is 0 Å². The van der Waals surface area contributed by atoms with Crippen molar-refractivity contribution in [1.29, 1.82) is 0 Å². The van der Waals surface area contributed by atoms with Gasteiger partial charge in [0.25, 0.3) is 0 Å². The molecule has 2 nitrogen and oxygen atoms in total. The molecule has 2 atom stereocenters. The minimum absolute atomic E-state index is 0.0970. The quantitative estimate of drug-likeness (QED) is 0.749. The Morgan fingerprint density at radius 3 is 2.67 bits per heavy atom. The van der Waals surface area contributed by atoms with E-state index in [0.29, 0.717) is 0 Å². The van der Waals surface area contributed by atoms with Crippen LogP contribution in [0.2, 0.25) is 4.34 Å². The van der Waals surface area contributed by atoms with E-state index in [4.69, 9.17) is 17.3 Å². The summed E-state index contributed by atoms with van der Waals surface area (Å²) in [4.78, 5) is 3.56. The molecule has 21 heavy (non-hydrogen) atoms. The van der Waals surface area contributed by atoms with Crippen LogP contribution in [0.15, 0.2) is 40.9 Å². The van der Waals surface area contributed by atoms with E-state index in [9.17, 15) is 0 Å². The number of nitrogens with two attached hydrogens (primary N) is 1. The van der Waals surface area contributed by atoms with Gasteiger partial charge >= 0.3 is 0 Å². The van der Waals surface area contributed by atoms with E-state index in [-0.39, 0.29) is 12.1 Å². The molecule has 0 fully saturated rings. The van der Waals surface area contributed by atoms with Gasteiger partial charge in [-0.1, -0.05) is 46.6 Å². The predicted octanol–water partition coefficient (Wildman–Crippen LogP) is 5.07. The predicted molar refractivity (Wildman–Crippen MR) is 95.9 cm³/mol. The second-order valence-electron chi connectivity index (χ2n) is 5.19. The molecule has 2 rings (SSSR count). The first-order chi connectivity index (χ1) is 10.0. The van der Waals surface area contributed by atoms with Gasteiger partial charge in [0.15, 0.2) is 0 Å². The second-order valence-corrected chi connectivity index (χ2v) is 7.91. The molecule has 0 bridgehead atoms. The fourth-order valence-electron chi connectivity index (χ4n) is 2.52. The summed E-state index contributed by atoms with van der Waals surface area (Å²) in [6.45, 7) is 2.98. The first kappa shape index (κ1) is 17.0. The molecule has 0 aliphatic rings. The molecule has 2 aromatic rings. The van der Waals surface area contributed by atoms with Crippen LogP contribution >= 0.6 is 38.9 Å². The fourth-order valence-corrected chi connectivity index (χ4v) is 4.09. The van der Waals surface area contributed by atoms with E-state index >= 15 is 0 Å². The maximum Gasteiger partial charge on any atom is 0.0931 e. The van der Waals surface area contributed by atoms with Crippen molar-refractivity contribution in [3.63, 3.8) is 0 Å². The smallest absolute Gasteiger partial charge is 0.0931 e. The first-order valence-corrected chi connectivity index (χ1v) is 8.95. The highest BCUT2D eigenvalue weighted by molar-refractivity contribution is 9.10. The van der Waals surface area contributed by atoms with Crippen molar-refractivity contribution >= 4 is 38.9 Å². The maximum atomic E-state index is 6.38. The summed E-state index contributed by atoms with van der Waals surface area (Å²) in [7, 11) is 2.12. The Balaban J connectivity index is 2.23. The highest BCUT2D eigenvalue weighted by Crippen LogP contribution is 2.29. The fraction of sp³-hybridized carbons (Fsp3) is 0.375. The van der Waals surface area contributed by atoms with Crippen LogP contribution < -0.4 is 5.73 Å². The monoisotopic (exact) mass is 386 g/mol. The van der Waals surface area contributed by atoms with Crippen molar-refractivity contribution in [2.45, 2.75) is 32.0 Å². The molecule has 1 aromatic heterocycles. The molecule has 0 aliphatic heterocycles. The number of hydrogen-bond donors (Lipinski definition) is 1. The lowest BCUT2D eigenvalue weighted by Gasteiger charge is -2.32. The summed E-state index contributed by atoms with van der Waals surface area (Å²) in [6.07, 6.45) is 0.937. The Bertz CT molecular complexity index is 587. The Morgan fingerprint density at radius 2 is 2.10 bits per heavy atom. The van der Waals surface area contributed by atoms with Crippen LogP contribution in [-0.2, 0) is 6.54 Å². The highest BCUT2D eigenvalue weighted by atomic mass is 79.9. The Hall–Kier alpha value is -0.390. The molecule has 0 amide bonds. The lowest BCUT2D eigenvalue weighted by molar-refractivity contribution is 0.203. The molecular weight excluding hydrogens is 368 g/mol. The van der Waals surface area contributed by atoms with Gasteiger partial charge < -0.3 is 5.73 Å². The minimum Gasteiger partial charge on any atom is -0.326 e. The third kappa shape index (κ3) is 4.54. The van der Waals surface area contributed by atoms with Gasteiger partial charge in [-0.2, -0.15) is 0 Å². The molecule has 0 radical (unpaired) electrons. The molecule has 0 saturated carbocycles. The average molecular weight is 388 g/mol. The third-order valence-electron chi connectivity index (χ3n) is 3.58. The van der Waals surface area contributed by atoms with E-state index in [2.05, 4.69) is 59.1 Å². The van der Waals surface area contributed by atoms with Crippen molar-refractivity contribution in [3.8, 4) is 0 Å². The second kappa shape index (κ2) is 7.75. The van der Waals surface area contributed by atoms with Gasteiger partial charge in [0.05, 0.1) is 4.34 Å². The van der Waals surface area contributed by atoms with Crippen molar-refractivity contribution < 1.29 is 0 Å². The van der Waals surface area contributed by atoms with Gasteiger partial charge in [0.2, 0.25) is 0 Å². The normalized spacial score (nSPS) is 14.4. The molecule has 1 heterocycles. The molecule has 0 aliphatic carbocycles. The molecule has 2 N–H and O–H groups in total. The SMILES string of the molecule is CCC(N)C(c1cccc(Br)c1)N(C)Cc1ccc(Cl)s1. The zero-order valence-electron chi connectivity index (χ0n) is 12.2. The van der Waals surface area contributed by atoms with E-state index in [1.165, 1.54) is 10.4 Å². The number of benzene rings is 1. The molecule has 0 saturated heterocycles. The number of halogens is 2. The summed E-state index contributed by atoms with van der Waals surface area (Å²) >= 11 is 11.2. The lowest BCUT2D eigenvalue weighted by atomic mass is 9.96. The maximum absolute atomic E-state index is 6.38. The van der Waals surface area contributed by atoms with Gasteiger partial charge in [-0.05, 0) is 43.3 Å². The van der Waals surface area contributed by atoms with Crippen LogP contribution in [0.5, 0.6) is 0 Å². The number of hydrogen-bond acceptors (Lipinski definition) is 3. The molecule has 114 valence electrons. The van der Waals surface area contributed by atoms with Gasteiger partial charge in [-0.25, -0.2) is 0 Å². The Labute approximate surface area is 144 Å². The van der Waals surface area contributed by atoms with Crippen molar-refractivity contribution in [2.24, 2.45) is 5.73 Å². The van der Waals surface area contributed by atoms with Crippen LogP contribution in [-0.4, -0.2) is 18.0 Å². The van der Waals surface area contributed by atoms with Crippen molar-refractivity contribution in [1.82, 2.24) is 4.90 Å². The topological polar surface area (TPSA) is 29.3 Å². The van der Waals surface area contributed by atoms with Crippen molar-refractivity contribution in [2.75, 3.05) is 7.05 Å². The molecule has 0 spiro atoms. The summed E-state index contributed by atoms with van der Waals surface area (Å²) in [6, 6.07) is 12.7. The summed E-state index contributed by atoms with van der Waals surface area (Å²) in [5.74, 6) is 0. The molecular formula is C16H20BrClN2S. The summed E-state index contributed by atoms with van der Waals surface area (Å²) < 4.78 is 1.91. The first-order valence-electron chi connectivity index (χ1n) is 6.96. The summed E-state index contributed by atoms with van der Waals surface area (Å²) in [5, 5.41) is 0. The third-order valence-corrected chi connectivity index (χ3v) is 5.29. The van der Waals surface area contributed by atoms with Crippen LogP contribution in [0, 0.1) is 0 Å². The standard InChI is InChI=1S/C16H20BrClN2S/c1-3-14(19)16(11-5-4-6-12(17)9-11)20(2)10-13-7-8-15(18)21-13/h4-9,14,16H,3,10,19H2,1-2H3.